The summed E-state index contributed by atoms with van der Waals surface area (Å²) in [5, 5.41) is 9.63. The average molecular weight is 336 g/mol. The molecule has 0 bridgehead atoms. The molecule has 0 aromatic heterocycles. The van der Waals surface area contributed by atoms with Gasteiger partial charge in [0.25, 0.3) is 0 Å². The fourth-order valence-corrected chi connectivity index (χ4v) is 2.25. The first kappa shape index (κ1) is 16.7. The third-order valence-corrected chi connectivity index (χ3v) is 4.23. The fraction of sp³-hybridized carbons (Fsp3) is 0.235. The summed E-state index contributed by atoms with van der Waals surface area (Å²) in [6.07, 6.45) is 0.723. The van der Waals surface area contributed by atoms with Gasteiger partial charge in [-0.15, -0.1) is 0 Å². The van der Waals surface area contributed by atoms with Crippen LogP contribution in [0.25, 0.3) is 0 Å². The lowest BCUT2D eigenvalue weighted by atomic mass is 9.86. The number of hydrogen-bond acceptors (Lipinski definition) is 3. The molecule has 116 valence electrons. The van der Waals surface area contributed by atoms with E-state index in [-0.39, 0.29) is 5.41 Å². The summed E-state index contributed by atoms with van der Waals surface area (Å²) in [6.45, 7) is 3.97. The molecule has 0 atom stereocenters. The van der Waals surface area contributed by atoms with Crippen LogP contribution in [0.15, 0.2) is 48.5 Å². The summed E-state index contributed by atoms with van der Waals surface area (Å²) in [6, 6.07) is 15.0. The maximum atomic E-state index is 8.96. The molecule has 0 radical (unpaired) electrons. The van der Waals surface area contributed by atoms with Crippen molar-refractivity contribution in [3.63, 3.8) is 0 Å². The molecule has 0 aliphatic heterocycles. The molecule has 0 aliphatic rings. The molecule has 0 unspecified atom stereocenters. The summed E-state index contributed by atoms with van der Waals surface area (Å²) in [7, 11) is 0. The van der Waals surface area contributed by atoms with Crippen LogP contribution in [0.4, 0.5) is 0 Å². The molecule has 0 aliphatic carbocycles. The van der Waals surface area contributed by atoms with Gasteiger partial charge in [0.05, 0.1) is 0 Å². The van der Waals surface area contributed by atoms with Crippen molar-refractivity contribution in [1.82, 2.24) is 5.48 Å². The second kappa shape index (κ2) is 7.09. The standard InChI is InChI=1S/C17H18ClNO2S/c1-17(2,16(22)19-20)11-12-3-7-14(8-4-12)21-15-9-5-13(18)6-10-15/h3-10,20H,11H2,1-2H3,(H,19,22). The van der Waals surface area contributed by atoms with Crippen LogP contribution in [0, 0.1) is 5.41 Å². The first-order valence-corrected chi connectivity index (χ1v) is 7.66. The van der Waals surface area contributed by atoms with Crippen molar-refractivity contribution in [1.29, 1.82) is 0 Å². The van der Waals surface area contributed by atoms with E-state index < -0.39 is 0 Å². The Kier molecular flexibility index (Phi) is 5.40. The SMILES string of the molecule is CC(C)(Cc1ccc(Oc2ccc(Cl)cc2)cc1)C(=S)NO. The molecule has 3 nitrogen and oxygen atoms in total. The number of halogens is 1. The highest BCUT2D eigenvalue weighted by Crippen LogP contribution is 2.26. The number of rotatable bonds is 5. The third kappa shape index (κ3) is 4.44. The van der Waals surface area contributed by atoms with Gasteiger partial charge in [-0.3, -0.25) is 10.7 Å². The van der Waals surface area contributed by atoms with Gasteiger partial charge in [0.1, 0.15) is 16.5 Å². The molecule has 22 heavy (non-hydrogen) atoms. The average Bonchev–Trinajstić information content (AvgIpc) is 2.50. The van der Waals surface area contributed by atoms with Crippen molar-refractivity contribution in [3.8, 4) is 11.5 Å². The van der Waals surface area contributed by atoms with Gasteiger partial charge >= 0.3 is 0 Å². The van der Waals surface area contributed by atoms with Gasteiger partial charge in [0.15, 0.2) is 0 Å². The topological polar surface area (TPSA) is 41.5 Å². The van der Waals surface area contributed by atoms with E-state index in [4.69, 9.17) is 33.8 Å². The van der Waals surface area contributed by atoms with Gasteiger partial charge in [-0.1, -0.05) is 49.8 Å². The smallest absolute Gasteiger partial charge is 0.127 e. The minimum absolute atomic E-state index is 0.317. The van der Waals surface area contributed by atoms with Crippen LogP contribution in [-0.4, -0.2) is 10.2 Å². The van der Waals surface area contributed by atoms with E-state index in [1.807, 2.05) is 50.2 Å². The number of nitrogens with one attached hydrogen (secondary N) is 1. The van der Waals surface area contributed by atoms with Gasteiger partial charge in [-0.05, 0) is 48.4 Å². The minimum atomic E-state index is -0.317. The molecule has 0 saturated heterocycles. The maximum absolute atomic E-state index is 8.96. The number of ether oxygens (including phenoxy) is 1. The molecule has 2 aromatic carbocycles. The van der Waals surface area contributed by atoms with E-state index in [0.29, 0.717) is 10.0 Å². The van der Waals surface area contributed by atoms with Crippen LogP contribution in [-0.2, 0) is 6.42 Å². The Morgan fingerprint density at radius 2 is 1.59 bits per heavy atom. The van der Waals surface area contributed by atoms with Crippen molar-refractivity contribution >= 4 is 28.8 Å². The summed E-state index contributed by atoms with van der Waals surface area (Å²) >= 11 is 11.0. The van der Waals surface area contributed by atoms with Crippen LogP contribution in [0.5, 0.6) is 11.5 Å². The van der Waals surface area contributed by atoms with Gasteiger partial charge in [0.2, 0.25) is 0 Å². The maximum Gasteiger partial charge on any atom is 0.127 e. The Labute approximate surface area is 140 Å². The van der Waals surface area contributed by atoms with Crippen molar-refractivity contribution in [2.24, 2.45) is 5.41 Å². The normalized spacial score (nSPS) is 11.1. The molecular formula is C17H18ClNO2S. The zero-order chi connectivity index (χ0) is 16.2. The van der Waals surface area contributed by atoms with E-state index in [9.17, 15) is 0 Å². The van der Waals surface area contributed by atoms with E-state index in [1.165, 1.54) is 0 Å². The van der Waals surface area contributed by atoms with Gasteiger partial charge in [-0.2, -0.15) is 0 Å². The first-order chi connectivity index (χ1) is 10.4. The lowest BCUT2D eigenvalue weighted by Crippen LogP contribution is -2.34. The zero-order valence-corrected chi connectivity index (χ0v) is 14.0. The second-order valence-electron chi connectivity index (χ2n) is 5.70. The zero-order valence-electron chi connectivity index (χ0n) is 12.5. The summed E-state index contributed by atoms with van der Waals surface area (Å²) in [4.78, 5) is 0.425. The molecule has 2 aromatic rings. The molecule has 0 amide bonds. The van der Waals surface area contributed by atoms with Gasteiger partial charge in [0, 0.05) is 10.4 Å². The number of hydrogen-bond donors (Lipinski definition) is 2. The van der Waals surface area contributed by atoms with Crippen molar-refractivity contribution < 1.29 is 9.94 Å². The number of hydroxylamine groups is 1. The monoisotopic (exact) mass is 335 g/mol. The predicted molar refractivity (Wildman–Crippen MR) is 93.0 cm³/mol. The Balaban J connectivity index is 2.04. The van der Waals surface area contributed by atoms with Gasteiger partial charge in [-0.25, -0.2) is 0 Å². The Bertz CT molecular complexity index is 639. The highest BCUT2D eigenvalue weighted by atomic mass is 35.5. The molecular weight excluding hydrogens is 318 g/mol. The molecule has 2 N–H and O–H groups in total. The lowest BCUT2D eigenvalue weighted by molar-refractivity contribution is 0.223. The summed E-state index contributed by atoms with van der Waals surface area (Å²) in [5.74, 6) is 1.50. The molecule has 0 saturated carbocycles. The number of thiocarbonyl (C=S) groups is 1. The quantitative estimate of drug-likeness (QED) is 0.595. The van der Waals surface area contributed by atoms with Crippen LogP contribution in [0.2, 0.25) is 5.02 Å². The van der Waals surface area contributed by atoms with E-state index >= 15 is 0 Å². The van der Waals surface area contributed by atoms with Crippen LogP contribution in [0.3, 0.4) is 0 Å². The fourth-order valence-electron chi connectivity index (χ4n) is 2.06. The van der Waals surface area contributed by atoms with Crippen LogP contribution in [0.1, 0.15) is 19.4 Å². The molecule has 0 spiro atoms. The summed E-state index contributed by atoms with van der Waals surface area (Å²) < 4.78 is 5.75. The molecule has 5 heteroatoms. The van der Waals surface area contributed by atoms with Crippen LogP contribution >= 0.6 is 23.8 Å². The van der Waals surface area contributed by atoms with Crippen molar-refractivity contribution in [2.75, 3.05) is 0 Å². The van der Waals surface area contributed by atoms with E-state index in [0.717, 1.165) is 23.5 Å². The largest absolute Gasteiger partial charge is 0.457 e. The van der Waals surface area contributed by atoms with E-state index in [2.05, 4.69) is 5.48 Å². The lowest BCUT2D eigenvalue weighted by Gasteiger charge is -2.24. The number of benzene rings is 2. The Morgan fingerprint density at radius 3 is 2.09 bits per heavy atom. The van der Waals surface area contributed by atoms with Crippen molar-refractivity contribution in [2.45, 2.75) is 20.3 Å². The molecule has 0 fully saturated rings. The minimum Gasteiger partial charge on any atom is -0.457 e. The van der Waals surface area contributed by atoms with Crippen molar-refractivity contribution in [3.05, 3.63) is 59.1 Å². The molecule has 2 rings (SSSR count). The summed E-state index contributed by atoms with van der Waals surface area (Å²) in [5.41, 5.74) is 2.87. The highest BCUT2D eigenvalue weighted by molar-refractivity contribution is 7.80. The molecule has 0 heterocycles. The van der Waals surface area contributed by atoms with Gasteiger partial charge < -0.3 is 4.74 Å². The van der Waals surface area contributed by atoms with Crippen LogP contribution < -0.4 is 10.2 Å². The second-order valence-corrected chi connectivity index (χ2v) is 6.55. The Morgan fingerprint density at radius 1 is 1.09 bits per heavy atom. The first-order valence-electron chi connectivity index (χ1n) is 6.87. The predicted octanol–water partition coefficient (Wildman–Crippen LogP) is 5.01. The highest BCUT2D eigenvalue weighted by Gasteiger charge is 2.23. The Hall–Kier alpha value is -1.62. The van der Waals surface area contributed by atoms with E-state index in [1.54, 1.807) is 12.1 Å². The third-order valence-electron chi connectivity index (χ3n) is 3.33.